The largest absolute Gasteiger partial charge is 0.486 e. The van der Waals surface area contributed by atoms with Crippen LogP contribution in [0.4, 0.5) is 17.1 Å². The van der Waals surface area contributed by atoms with E-state index in [1.54, 1.807) is 36.5 Å². The molecule has 4 rings (SSSR count). The van der Waals surface area contributed by atoms with Crippen molar-refractivity contribution in [3.8, 4) is 11.5 Å². The quantitative estimate of drug-likeness (QED) is 0.696. The Morgan fingerprint density at radius 1 is 0.926 bits per heavy atom. The molecule has 0 atom stereocenters. The summed E-state index contributed by atoms with van der Waals surface area (Å²) in [6.07, 6.45) is 3.15. The van der Waals surface area contributed by atoms with Gasteiger partial charge >= 0.3 is 0 Å². The number of amides is 1. The van der Waals surface area contributed by atoms with Crippen LogP contribution in [0, 0.1) is 0 Å². The molecule has 1 amide bonds. The number of nitrogens with one attached hydrogen (secondary N) is 2. The molecular formula is C20H16ClN3O3. The number of carbonyl (C=O) groups is 1. The van der Waals surface area contributed by atoms with Gasteiger partial charge in [-0.05, 0) is 36.4 Å². The highest BCUT2D eigenvalue weighted by atomic mass is 35.5. The van der Waals surface area contributed by atoms with E-state index in [2.05, 4.69) is 15.6 Å². The summed E-state index contributed by atoms with van der Waals surface area (Å²) in [5, 5.41) is 6.58. The van der Waals surface area contributed by atoms with Crippen LogP contribution in [0.15, 0.2) is 60.9 Å². The Hall–Kier alpha value is -3.25. The summed E-state index contributed by atoms with van der Waals surface area (Å²) in [6.45, 7) is 1.07. The normalized spacial score (nSPS) is 12.3. The highest BCUT2D eigenvalue weighted by molar-refractivity contribution is 6.31. The first-order valence-corrected chi connectivity index (χ1v) is 8.74. The van der Waals surface area contributed by atoms with Gasteiger partial charge in [0.15, 0.2) is 11.5 Å². The van der Waals surface area contributed by atoms with Gasteiger partial charge in [0.1, 0.15) is 13.2 Å². The van der Waals surface area contributed by atoms with E-state index in [1.807, 2.05) is 18.2 Å². The number of benzene rings is 2. The number of hydrogen-bond donors (Lipinski definition) is 2. The van der Waals surface area contributed by atoms with Gasteiger partial charge in [-0.2, -0.15) is 0 Å². The zero-order valence-corrected chi connectivity index (χ0v) is 15.0. The van der Waals surface area contributed by atoms with Crippen LogP contribution in [0.1, 0.15) is 10.4 Å². The first kappa shape index (κ1) is 17.2. The van der Waals surface area contributed by atoms with E-state index in [0.717, 1.165) is 11.4 Å². The van der Waals surface area contributed by atoms with Gasteiger partial charge < -0.3 is 20.1 Å². The Morgan fingerprint density at radius 3 is 2.63 bits per heavy atom. The van der Waals surface area contributed by atoms with Crippen LogP contribution in [-0.4, -0.2) is 24.1 Å². The number of ether oxygens (including phenoxy) is 2. The third kappa shape index (κ3) is 4.12. The third-order valence-electron chi connectivity index (χ3n) is 3.91. The minimum Gasteiger partial charge on any atom is -0.486 e. The minimum atomic E-state index is -0.268. The standard InChI is InChI=1S/C20H16ClN3O3/c21-14-2-1-3-15(9-14)24-20(25)13-8-17(12-22-11-13)23-16-4-5-18-19(10-16)27-7-6-26-18/h1-5,8-12,23H,6-7H2,(H,24,25). The molecule has 0 spiro atoms. The van der Waals surface area contributed by atoms with Crippen LogP contribution in [-0.2, 0) is 0 Å². The maximum absolute atomic E-state index is 12.5. The van der Waals surface area contributed by atoms with Crippen molar-refractivity contribution in [1.29, 1.82) is 0 Å². The van der Waals surface area contributed by atoms with E-state index in [9.17, 15) is 4.79 Å². The molecule has 2 aromatic carbocycles. The van der Waals surface area contributed by atoms with Crippen LogP contribution >= 0.6 is 11.6 Å². The number of fused-ring (bicyclic) bond motifs is 1. The van der Waals surface area contributed by atoms with Crippen LogP contribution in [0.2, 0.25) is 5.02 Å². The zero-order valence-electron chi connectivity index (χ0n) is 14.2. The fraction of sp³-hybridized carbons (Fsp3) is 0.100. The van der Waals surface area contributed by atoms with Crippen molar-refractivity contribution >= 4 is 34.6 Å². The Balaban J connectivity index is 1.49. The lowest BCUT2D eigenvalue weighted by Crippen LogP contribution is -2.15. The van der Waals surface area contributed by atoms with E-state index in [0.29, 0.717) is 40.9 Å². The molecule has 0 bridgehead atoms. The molecule has 1 aliphatic rings. The second-order valence-electron chi connectivity index (χ2n) is 5.91. The van der Waals surface area contributed by atoms with Gasteiger partial charge in [0, 0.05) is 28.7 Å². The average molecular weight is 382 g/mol. The lowest BCUT2D eigenvalue weighted by atomic mass is 10.2. The van der Waals surface area contributed by atoms with Crippen molar-refractivity contribution in [2.45, 2.75) is 0 Å². The maximum Gasteiger partial charge on any atom is 0.257 e. The molecule has 27 heavy (non-hydrogen) atoms. The summed E-state index contributed by atoms with van der Waals surface area (Å²) in [6, 6.07) is 14.3. The summed E-state index contributed by atoms with van der Waals surface area (Å²) in [7, 11) is 0. The molecule has 1 aliphatic heterocycles. The molecule has 0 fully saturated rings. The molecule has 136 valence electrons. The van der Waals surface area contributed by atoms with Gasteiger partial charge in [0.25, 0.3) is 5.91 Å². The summed E-state index contributed by atoms with van der Waals surface area (Å²) >= 11 is 5.95. The summed E-state index contributed by atoms with van der Waals surface area (Å²) in [5.41, 5.74) is 2.55. The Bertz CT molecular complexity index is 994. The molecule has 0 unspecified atom stereocenters. The zero-order chi connectivity index (χ0) is 18.6. The molecule has 0 saturated heterocycles. The van der Waals surface area contributed by atoms with Gasteiger partial charge in [-0.15, -0.1) is 0 Å². The number of halogens is 1. The summed E-state index contributed by atoms with van der Waals surface area (Å²) in [5.74, 6) is 1.14. The predicted octanol–water partition coefficient (Wildman–Crippen LogP) is 4.50. The van der Waals surface area contributed by atoms with Crippen LogP contribution in [0.25, 0.3) is 0 Å². The van der Waals surface area contributed by atoms with E-state index in [4.69, 9.17) is 21.1 Å². The average Bonchev–Trinajstić information content (AvgIpc) is 2.68. The van der Waals surface area contributed by atoms with E-state index in [-0.39, 0.29) is 5.91 Å². The molecule has 1 aromatic heterocycles. The van der Waals surface area contributed by atoms with Crippen LogP contribution in [0.3, 0.4) is 0 Å². The van der Waals surface area contributed by atoms with Gasteiger partial charge in [-0.25, -0.2) is 0 Å². The number of anilines is 3. The second-order valence-corrected chi connectivity index (χ2v) is 6.35. The monoisotopic (exact) mass is 381 g/mol. The van der Waals surface area contributed by atoms with Crippen molar-refractivity contribution in [2.75, 3.05) is 23.8 Å². The van der Waals surface area contributed by atoms with Gasteiger partial charge in [0.05, 0.1) is 17.4 Å². The summed E-state index contributed by atoms with van der Waals surface area (Å²) in [4.78, 5) is 16.6. The number of hydrogen-bond acceptors (Lipinski definition) is 5. The van der Waals surface area contributed by atoms with Crippen LogP contribution < -0.4 is 20.1 Å². The third-order valence-corrected chi connectivity index (χ3v) is 4.15. The highest BCUT2D eigenvalue weighted by Crippen LogP contribution is 2.33. The molecule has 6 nitrogen and oxygen atoms in total. The van der Waals surface area contributed by atoms with E-state index < -0.39 is 0 Å². The predicted molar refractivity (Wildman–Crippen MR) is 104 cm³/mol. The lowest BCUT2D eigenvalue weighted by molar-refractivity contribution is 0.102. The molecular weight excluding hydrogens is 366 g/mol. The second kappa shape index (κ2) is 7.55. The maximum atomic E-state index is 12.5. The SMILES string of the molecule is O=C(Nc1cccc(Cl)c1)c1cncc(Nc2ccc3c(c2)OCCO3)c1. The van der Waals surface area contributed by atoms with Crippen molar-refractivity contribution in [2.24, 2.45) is 0 Å². The van der Waals surface area contributed by atoms with E-state index in [1.165, 1.54) is 6.20 Å². The van der Waals surface area contributed by atoms with Crippen LogP contribution in [0.5, 0.6) is 11.5 Å². The van der Waals surface area contributed by atoms with E-state index >= 15 is 0 Å². The molecule has 0 radical (unpaired) electrons. The molecule has 3 aromatic rings. The van der Waals surface area contributed by atoms with Crippen molar-refractivity contribution in [3.05, 3.63) is 71.5 Å². The highest BCUT2D eigenvalue weighted by Gasteiger charge is 2.12. The first-order valence-electron chi connectivity index (χ1n) is 8.36. The lowest BCUT2D eigenvalue weighted by Gasteiger charge is -2.19. The fourth-order valence-electron chi connectivity index (χ4n) is 2.69. The van der Waals surface area contributed by atoms with Gasteiger partial charge in [-0.1, -0.05) is 17.7 Å². The smallest absolute Gasteiger partial charge is 0.257 e. The summed E-state index contributed by atoms with van der Waals surface area (Å²) < 4.78 is 11.1. The van der Waals surface area contributed by atoms with Crippen molar-refractivity contribution in [1.82, 2.24) is 4.98 Å². The molecule has 7 heteroatoms. The van der Waals surface area contributed by atoms with Crippen molar-refractivity contribution in [3.63, 3.8) is 0 Å². The van der Waals surface area contributed by atoms with Crippen molar-refractivity contribution < 1.29 is 14.3 Å². The molecule has 0 aliphatic carbocycles. The fourth-order valence-corrected chi connectivity index (χ4v) is 2.88. The molecule has 0 saturated carbocycles. The van der Waals surface area contributed by atoms with Gasteiger partial charge in [-0.3, -0.25) is 9.78 Å². The van der Waals surface area contributed by atoms with Gasteiger partial charge in [0.2, 0.25) is 0 Å². The Kier molecular flexibility index (Phi) is 4.80. The number of aromatic nitrogens is 1. The first-order chi connectivity index (χ1) is 13.2. The topological polar surface area (TPSA) is 72.5 Å². The Labute approximate surface area is 161 Å². The molecule has 2 N–H and O–H groups in total. The number of nitrogens with zero attached hydrogens (tertiary/aromatic N) is 1. The minimum absolute atomic E-state index is 0.268. The molecule has 2 heterocycles. The number of pyridine rings is 1. The number of carbonyl (C=O) groups excluding carboxylic acids is 1. The number of rotatable bonds is 4. The Morgan fingerprint density at radius 2 is 1.78 bits per heavy atom.